The summed E-state index contributed by atoms with van der Waals surface area (Å²) in [5.74, 6) is 0.258. The van der Waals surface area contributed by atoms with Crippen molar-refractivity contribution >= 4 is 17.5 Å². The van der Waals surface area contributed by atoms with Crippen molar-refractivity contribution in [1.82, 2.24) is 20.3 Å². The molecule has 0 aliphatic rings. The van der Waals surface area contributed by atoms with Crippen molar-refractivity contribution < 1.29 is 14.3 Å². The van der Waals surface area contributed by atoms with E-state index >= 15 is 0 Å². The van der Waals surface area contributed by atoms with Crippen LogP contribution in [0.3, 0.4) is 0 Å². The molecule has 0 fully saturated rings. The van der Waals surface area contributed by atoms with Crippen LogP contribution in [0.25, 0.3) is 0 Å². The van der Waals surface area contributed by atoms with Crippen LogP contribution in [0.15, 0.2) is 24.3 Å². The fourth-order valence-electron chi connectivity index (χ4n) is 1.86. The van der Waals surface area contributed by atoms with E-state index in [2.05, 4.69) is 20.3 Å². The Bertz CT molecular complexity index is 659. The number of aromatic nitrogens is 3. The van der Waals surface area contributed by atoms with E-state index in [1.807, 2.05) is 18.2 Å². The first-order chi connectivity index (χ1) is 11.1. The Morgan fingerprint density at radius 3 is 2.48 bits per heavy atom. The number of aryl methyl sites for hydroxylation is 1. The van der Waals surface area contributed by atoms with Gasteiger partial charge in [-0.05, 0) is 24.1 Å². The van der Waals surface area contributed by atoms with Gasteiger partial charge in [0.1, 0.15) is 0 Å². The maximum atomic E-state index is 11.9. The van der Waals surface area contributed by atoms with Crippen molar-refractivity contribution in [3.8, 4) is 12.0 Å². The van der Waals surface area contributed by atoms with Crippen LogP contribution < -0.4 is 14.8 Å². The molecule has 1 aromatic heterocycles. The van der Waals surface area contributed by atoms with Crippen LogP contribution in [0.1, 0.15) is 17.8 Å². The summed E-state index contributed by atoms with van der Waals surface area (Å²) in [6.45, 7) is 0.170. The minimum atomic E-state index is -0.108. The van der Waals surface area contributed by atoms with E-state index in [0.29, 0.717) is 23.7 Å². The van der Waals surface area contributed by atoms with Gasteiger partial charge in [-0.3, -0.25) is 4.79 Å². The molecule has 2 aromatic rings. The van der Waals surface area contributed by atoms with E-state index in [-0.39, 0.29) is 24.5 Å². The maximum Gasteiger partial charge on any atom is 0.322 e. The number of carbonyl (C=O) groups is 1. The standard InChI is InChI=1S/C15H17ClN4O3/c1-22-14-18-12(19-15(20-14)23-2)9-17-13(21)7-6-10-4-3-5-11(16)8-10/h3-5,8H,6-7,9H2,1-2H3,(H,17,21). The lowest BCUT2D eigenvalue weighted by Crippen LogP contribution is -2.24. The topological polar surface area (TPSA) is 86.2 Å². The van der Waals surface area contributed by atoms with Crippen LogP contribution in [-0.4, -0.2) is 35.1 Å². The third-order valence-corrected chi connectivity index (χ3v) is 3.21. The van der Waals surface area contributed by atoms with Crippen molar-refractivity contribution in [2.24, 2.45) is 0 Å². The average Bonchev–Trinajstić information content (AvgIpc) is 2.57. The molecule has 1 heterocycles. The number of amides is 1. The van der Waals surface area contributed by atoms with Gasteiger partial charge in [0.15, 0.2) is 5.82 Å². The van der Waals surface area contributed by atoms with E-state index in [4.69, 9.17) is 21.1 Å². The molecule has 1 amide bonds. The lowest BCUT2D eigenvalue weighted by Gasteiger charge is -2.07. The number of benzene rings is 1. The zero-order chi connectivity index (χ0) is 16.7. The van der Waals surface area contributed by atoms with Gasteiger partial charge in [0.25, 0.3) is 0 Å². The third-order valence-electron chi connectivity index (χ3n) is 2.98. The van der Waals surface area contributed by atoms with E-state index in [1.54, 1.807) is 6.07 Å². The Morgan fingerprint density at radius 1 is 1.17 bits per heavy atom. The molecule has 1 N–H and O–H groups in total. The van der Waals surface area contributed by atoms with Gasteiger partial charge in [0.2, 0.25) is 5.91 Å². The van der Waals surface area contributed by atoms with Crippen LogP contribution in [0.2, 0.25) is 5.02 Å². The van der Waals surface area contributed by atoms with Gasteiger partial charge < -0.3 is 14.8 Å². The molecule has 8 heteroatoms. The second kappa shape index (κ2) is 8.28. The number of hydrogen-bond acceptors (Lipinski definition) is 6. The summed E-state index contributed by atoms with van der Waals surface area (Å²) in [5, 5.41) is 3.41. The number of ether oxygens (including phenoxy) is 2. The second-order valence-electron chi connectivity index (χ2n) is 4.63. The first-order valence-corrected chi connectivity index (χ1v) is 7.32. The number of halogens is 1. The molecule has 122 valence electrons. The monoisotopic (exact) mass is 336 g/mol. The quantitative estimate of drug-likeness (QED) is 0.829. The van der Waals surface area contributed by atoms with Crippen LogP contribution in [-0.2, 0) is 17.8 Å². The number of carbonyl (C=O) groups excluding carboxylic acids is 1. The van der Waals surface area contributed by atoms with Gasteiger partial charge in [-0.15, -0.1) is 4.98 Å². The summed E-state index contributed by atoms with van der Waals surface area (Å²) in [6, 6.07) is 7.71. The smallest absolute Gasteiger partial charge is 0.322 e. The summed E-state index contributed by atoms with van der Waals surface area (Å²) >= 11 is 5.91. The van der Waals surface area contributed by atoms with Gasteiger partial charge >= 0.3 is 12.0 Å². The van der Waals surface area contributed by atoms with E-state index in [0.717, 1.165) is 5.56 Å². The van der Waals surface area contributed by atoms with Gasteiger partial charge in [-0.2, -0.15) is 9.97 Å². The maximum absolute atomic E-state index is 11.9. The molecule has 0 spiro atoms. The Kier molecular flexibility index (Phi) is 6.10. The molecule has 0 radical (unpaired) electrons. The highest BCUT2D eigenvalue weighted by molar-refractivity contribution is 6.30. The Morgan fingerprint density at radius 2 is 1.87 bits per heavy atom. The van der Waals surface area contributed by atoms with Crippen LogP contribution >= 0.6 is 11.6 Å². The fourth-order valence-corrected chi connectivity index (χ4v) is 2.07. The summed E-state index contributed by atoms with van der Waals surface area (Å²) in [4.78, 5) is 23.9. The Hall–Kier alpha value is -2.41. The van der Waals surface area contributed by atoms with Gasteiger partial charge in [0, 0.05) is 11.4 Å². The van der Waals surface area contributed by atoms with Crippen LogP contribution in [0.4, 0.5) is 0 Å². The highest BCUT2D eigenvalue weighted by atomic mass is 35.5. The van der Waals surface area contributed by atoms with E-state index in [9.17, 15) is 4.79 Å². The number of rotatable bonds is 7. The molecule has 1 aromatic carbocycles. The van der Waals surface area contributed by atoms with Gasteiger partial charge in [-0.1, -0.05) is 23.7 Å². The predicted molar refractivity (Wildman–Crippen MR) is 84.6 cm³/mol. The fraction of sp³-hybridized carbons (Fsp3) is 0.333. The number of nitrogens with one attached hydrogen (secondary N) is 1. The molecule has 0 bridgehead atoms. The van der Waals surface area contributed by atoms with E-state index < -0.39 is 0 Å². The normalized spacial score (nSPS) is 10.2. The molecule has 0 unspecified atom stereocenters. The molecule has 0 aliphatic carbocycles. The zero-order valence-electron chi connectivity index (χ0n) is 12.9. The van der Waals surface area contributed by atoms with Crippen molar-refractivity contribution in [2.45, 2.75) is 19.4 Å². The summed E-state index contributed by atoms with van der Waals surface area (Å²) < 4.78 is 9.91. The molecular weight excluding hydrogens is 320 g/mol. The second-order valence-corrected chi connectivity index (χ2v) is 5.07. The lowest BCUT2D eigenvalue weighted by atomic mass is 10.1. The molecule has 2 rings (SSSR count). The number of hydrogen-bond donors (Lipinski definition) is 1. The summed E-state index contributed by atoms with van der Waals surface area (Å²) in [6.07, 6.45) is 0.954. The van der Waals surface area contributed by atoms with Crippen molar-refractivity contribution in [3.63, 3.8) is 0 Å². The Balaban J connectivity index is 1.86. The first kappa shape index (κ1) is 17.0. The average molecular weight is 337 g/mol. The van der Waals surface area contributed by atoms with Crippen molar-refractivity contribution in [2.75, 3.05) is 14.2 Å². The molecule has 0 saturated carbocycles. The predicted octanol–water partition coefficient (Wildman–Crippen LogP) is 1.79. The largest absolute Gasteiger partial charge is 0.467 e. The summed E-state index contributed by atoms with van der Waals surface area (Å²) in [7, 11) is 2.89. The van der Waals surface area contributed by atoms with Crippen LogP contribution in [0, 0.1) is 0 Å². The minimum absolute atomic E-state index is 0.108. The molecular formula is C15H17ClN4O3. The molecule has 7 nitrogen and oxygen atoms in total. The van der Waals surface area contributed by atoms with Crippen LogP contribution in [0.5, 0.6) is 12.0 Å². The number of nitrogens with zero attached hydrogens (tertiary/aromatic N) is 3. The minimum Gasteiger partial charge on any atom is -0.467 e. The molecule has 0 saturated heterocycles. The molecule has 0 atom stereocenters. The first-order valence-electron chi connectivity index (χ1n) is 6.95. The molecule has 23 heavy (non-hydrogen) atoms. The third kappa shape index (κ3) is 5.37. The lowest BCUT2D eigenvalue weighted by molar-refractivity contribution is -0.121. The summed E-state index contributed by atoms with van der Waals surface area (Å²) in [5.41, 5.74) is 1.01. The highest BCUT2D eigenvalue weighted by Crippen LogP contribution is 2.12. The van der Waals surface area contributed by atoms with Gasteiger partial charge in [-0.25, -0.2) is 0 Å². The van der Waals surface area contributed by atoms with Crippen molar-refractivity contribution in [1.29, 1.82) is 0 Å². The van der Waals surface area contributed by atoms with Gasteiger partial charge in [0.05, 0.1) is 20.8 Å². The molecule has 0 aliphatic heterocycles. The van der Waals surface area contributed by atoms with E-state index in [1.165, 1.54) is 14.2 Å². The number of methoxy groups -OCH3 is 2. The Labute approximate surface area is 139 Å². The zero-order valence-corrected chi connectivity index (χ0v) is 13.6. The van der Waals surface area contributed by atoms with Crippen molar-refractivity contribution in [3.05, 3.63) is 40.7 Å². The SMILES string of the molecule is COc1nc(CNC(=O)CCc2cccc(Cl)c2)nc(OC)n1. The highest BCUT2D eigenvalue weighted by Gasteiger charge is 2.09.